The highest BCUT2D eigenvalue weighted by Gasteiger charge is 2.35. The van der Waals surface area contributed by atoms with Crippen LogP contribution in [0.25, 0.3) is 11.5 Å². The molecule has 0 radical (unpaired) electrons. The van der Waals surface area contributed by atoms with E-state index in [0.29, 0.717) is 24.0 Å². The van der Waals surface area contributed by atoms with Crippen LogP contribution in [0.4, 0.5) is 14.5 Å². The fourth-order valence-electron chi connectivity index (χ4n) is 3.33. The lowest BCUT2D eigenvalue weighted by molar-refractivity contribution is -0.117. The first-order valence-corrected chi connectivity index (χ1v) is 9.87. The molecular weight excluding hydrogens is 392 g/mol. The third-order valence-corrected chi connectivity index (χ3v) is 5.01. The Balaban J connectivity index is 1.45. The summed E-state index contributed by atoms with van der Waals surface area (Å²) < 4.78 is 37.7. The fourth-order valence-corrected chi connectivity index (χ4v) is 3.33. The van der Waals surface area contributed by atoms with Crippen LogP contribution in [0.1, 0.15) is 37.9 Å². The molecule has 0 bridgehead atoms. The van der Waals surface area contributed by atoms with E-state index in [4.69, 9.17) is 9.26 Å². The maximum Gasteiger partial charge on any atom is 0.257 e. The number of ether oxygens (including phenoxy) is 1. The lowest BCUT2D eigenvalue weighted by atomic mass is 10.1. The summed E-state index contributed by atoms with van der Waals surface area (Å²) in [6.45, 7) is 3.05. The van der Waals surface area contributed by atoms with Crippen molar-refractivity contribution < 1.29 is 22.8 Å². The van der Waals surface area contributed by atoms with Crippen molar-refractivity contribution in [2.45, 2.75) is 32.1 Å². The van der Waals surface area contributed by atoms with E-state index in [1.807, 2.05) is 24.3 Å². The molecule has 2 heterocycles. The predicted molar refractivity (Wildman–Crippen MR) is 106 cm³/mol. The maximum absolute atomic E-state index is 13.5. The molecule has 0 spiro atoms. The largest absolute Gasteiger partial charge is 0.494 e. The molecule has 6 nitrogen and oxygen atoms in total. The van der Waals surface area contributed by atoms with Crippen LogP contribution in [0.3, 0.4) is 0 Å². The van der Waals surface area contributed by atoms with Crippen molar-refractivity contribution in [3.63, 3.8) is 0 Å². The highest BCUT2D eigenvalue weighted by molar-refractivity contribution is 5.96. The van der Waals surface area contributed by atoms with Crippen LogP contribution in [0.2, 0.25) is 0 Å². The summed E-state index contributed by atoms with van der Waals surface area (Å²) in [5.74, 6) is -0.906. The quantitative estimate of drug-likeness (QED) is 0.525. The zero-order chi connectivity index (χ0) is 21.1. The van der Waals surface area contributed by atoms with Crippen molar-refractivity contribution in [1.29, 1.82) is 0 Å². The maximum atomic E-state index is 13.5. The molecule has 8 heteroatoms. The number of hydrogen-bond donors (Lipinski definition) is 0. The van der Waals surface area contributed by atoms with Crippen molar-refractivity contribution >= 4 is 11.6 Å². The SMILES string of the molecule is CCCCOc1ccc(-c2nc(C3CC(=O)N(c4ccc(F)c(F)c4)C3)no2)cc1. The molecule has 1 atom stereocenters. The topological polar surface area (TPSA) is 68.5 Å². The number of carbonyl (C=O) groups excluding carboxylic acids is 1. The Morgan fingerprint density at radius 2 is 1.97 bits per heavy atom. The smallest absolute Gasteiger partial charge is 0.257 e. The molecule has 1 aliphatic rings. The second-order valence-corrected chi connectivity index (χ2v) is 7.19. The number of nitrogens with zero attached hydrogens (tertiary/aromatic N) is 3. The summed E-state index contributed by atoms with van der Waals surface area (Å²) in [6, 6.07) is 10.8. The summed E-state index contributed by atoms with van der Waals surface area (Å²) in [5, 5.41) is 4.02. The van der Waals surface area contributed by atoms with Gasteiger partial charge in [0.1, 0.15) is 5.75 Å². The standard InChI is InChI=1S/C22H21F2N3O3/c1-2-3-10-29-17-7-4-14(5-8-17)22-25-21(26-30-22)15-11-20(28)27(13-15)16-6-9-18(23)19(24)12-16/h4-9,12,15H,2-3,10-11,13H2,1H3. The summed E-state index contributed by atoms with van der Waals surface area (Å²) >= 11 is 0. The number of anilines is 1. The molecule has 156 valence electrons. The molecule has 1 aromatic heterocycles. The second kappa shape index (κ2) is 8.61. The van der Waals surface area contributed by atoms with Gasteiger partial charge in [-0.25, -0.2) is 8.78 Å². The number of halogens is 2. The van der Waals surface area contributed by atoms with E-state index in [-0.39, 0.29) is 24.8 Å². The van der Waals surface area contributed by atoms with Gasteiger partial charge in [-0.15, -0.1) is 0 Å². The average molecular weight is 413 g/mol. The van der Waals surface area contributed by atoms with E-state index in [9.17, 15) is 13.6 Å². The average Bonchev–Trinajstić information content (AvgIpc) is 3.38. The number of carbonyl (C=O) groups is 1. The monoisotopic (exact) mass is 413 g/mol. The van der Waals surface area contributed by atoms with Crippen LogP contribution >= 0.6 is 0 Å². The minimum Gasteiger partial charge on any atom is -0.494 e. The molecule has 0 N–H and O–H groups in total. The molecule has 4 rings (SSSR count). The Labute approximate surface area is 172 Å². The van der Waals surface area contributed by atoms with Gasteiger partial charge in [0.25, 0.3) is 5.89 Å². The number of hydrogen-bond acceptors (Lipinski definition) is 5. The highest BCUT2D eigenvalue weighted by Crippen LogP contribution is 2.32. The minimum absolute atomic E-state index is 0.169. The van der Waals surface area contributed by atoms with Crippen molar-refractivity contribution in [1.82, 2.24) is 10.1 Å². The van der Waals surface area contributed by atoms with Gasteiger partial charge in [0.15, 0.2) is 17.5 Å². The van der Waals surface area contributed by atoms with E-state index in [1.54, 1.807) is 0 Å². The van der Waals surface area contributed by atoms with E-state index in [1.165, 1.54) is 11.0 Å². The van der Waals surface area contributed by atoms with Gasteiger partial charge >= 0.3 is 0 Å². The van der Waals surface area contributed by atoms with Crippen LogP contribution in [-0.4, -0.2) is 29.2 Å². The summed E-state index contributed by atoms with van der Waals surface area (Å²) in [4.78, 5) is 18.2. The first-order valence-electron chi connectivity index (χ1n) is 9.87. The Kier molecular flexibility index (Phi) is 5.74. The van der Waals surface area contributed by atoms with Crippen molar-refractivity contribution in [2.24, 2.45) is 0 Å². The molecular formula is C22H21F2N3O3. The minimum atomic E-state index is -0.993. The summed E-state index contributed by atoms with van der Waals surface area (Å²) in [6.07, 6.45) is 2.23. The van der Waals surface area contributed by atoms with Crippen molar-refractivity contribution in [3.8, 4) is 17.2 Å². The van der Waals surface area contributed by atoms with Gasteiger partial charge in [-0.3, -0.25) is 4.79 Å². The predicted octanol–water partition coefficient (Wildman–Crippen LogP) is 4.71. The molecule has 2 aromatic carbocycles. The molecule has 1 unspecified atom stereocenters. The Hall–Kier alpha value is -3.29. The molecule has 3 aromatic rings. The van der Waals surface area contributed by atoms with Gasteiger partial charge in [0.05, 0.1) is 6.61 Å². The zero-order valence-electron chi connectivity index (χ0n) is 16.5. The van der Waals surface area contributed by atoms with Crippen LogP contribution in [0, 0.1) is 11.6 Å². The van der Waals surface area contributed by atoms with Crippen LogP contribution in [0.5, 0.6) is 5.75 Å². The number of rotatable bonds is 7. The van der Waals surface area contributed by atoms with Crippen molar-refractivity contribution in [2.75, 3.05) is 18.1 Å². The number of aromatic nitrogens is 2. The Bertz CT molecular complexity index is 1040. The Morgan fingerprint density at radius 3 is 2.70 bits per heavy atom. The second-order valence-electron chi connectivity index (χ2n) is 7.19. The Morgan fingerprint density at radius 1 is 1.17 bits per heavy atom. The van der Waals surface area contributed by atoms with Gasteiger partial charge in [0.2, 0.25) is 5.91 Å². The van der Waals surface area contributed by atoms with Crippen LogP contribution < -0.4 is 9.64 Å². The van der Waals surface area contributed by atoms with E-state index >= 15 is 0 Å². The van der Waals surface area contributed by atoms with E-state index < -0.39 is 11.6 Å². The third-order valence-electron chi connectivity index (χ3n) is 5.01. The van der Waals surface area contributed by atoms with Crippen LogP contribution in [0.15, 0.2) is 47.0 Å². The fraction of sp³-hybridized carbons (Fsp3) is 0.318. The highest BCUT2D eigenvalue weighted by atomic mass is 19.2. The normalized spacial score (nSPS) is 16.3. The molecule has 0 aliphatic carbocycles. The molecule has 1 fully saturated rings. The van der Waals surface area contributed by atoms with Gasteiger partial charge in [0, 0.05) is 36.2 Å². The lowest BCUT2D eigenvalue weighted by Crippen LogP contribution is -2.24. The molecule has 1 amide bonds. The van der Waals surface area contributed by atoms with Gasteiger partial charge in [-0.2, -0.15) is 4.98 Å². The lowest BCUT2D eigenvalue weighted by Gasteiger charge is -2.16. The molecule has 1 aliphatic heterocycles. The summed E-state index contributed by atoms with van der Waals surface area (Å²) in [7, 11) is 0. The van der Waals surface area contributed by atoms with Crippen LogP contribution in [-0.2, 0) is 4.79 Å². The number of amides is 1. The zero-order valence-corrected chi connectivity index (χ0v) is 16.5. The van der Waals surface area contributed by atoms with Crippen molar-refractivity contribution in [3.05, 3.63) is 59.9 Å². The van der Waals surface area contributed by atoms with Gasteiger partial charge < -0.3 is 14.2 Å². The summed E-state index contributed by atoms with van der Waals surface area (Å²) in [5.41, 5.74) is 1.06. The van der Waals surface area contributed by atoms with Gasteiger partial charge in [-0.05, 0) is 42.8 Å². The molecule has 0 saturated carbocycles. The number of benzene rings is 2. The van der Waals surface area contributed by atoms with E-state index in [2.05, 4.69) is 17.1 Å². The van der Waals surface area contributed by atoms with Gasteiger partial charge in [-0.1, -0.05) is 18.5 Å². The first kappa shape index (κ1) is 20.0. The van der Waals surface area contributed by atoms with E-state index in [0.717, 1.165) is 36.3 Å². The molecule has 1 saturated heterocycles. The third kappa shape index (κ3) is 4.17. The first-order chi connectivity index (χ1) is 14.5. The molecule has 30 heavy (non-hydrogen) atoms. The number of unbranched alkanes of at least 4 members (excludes halogenated alkanes) is 1.